The number of alkyl halides is 3. The van der Waals surface area contributed by atoms with Gasteiger partial charge in [-0.25, -0.2) is 0 Å². The molecule has 1 nitrogen and oxygen atoms in total. The van der Waals surface area contributed by atoms with Gasteiger partial charge in [0.2, 0.25) is 0 Å². The third kappa shape index (κ3) is 3.37. The summed E-state index contributed by atoms with van der Waals surface area (Å²) in [6, 6.07) is 9.94. The first-order chi connectivity index (χ1) is 11.3. The van der Waals surface area contributed by atoms with Crippen LogP contribution in [-0.4, -0.2) is 11.0 Å². The van der Waals surface area contributed by atoms with E-state index in [0.29, 0.717) is 21.7 Å². The zero-order valence-electron chi connectivity index (χ0n) is 12.5. The zero-order valence-corrected chi connectivity index (χ0v) is 14.1. The lowest BCUT2D eigenvalue weighted by Gasteiger charge is -2.23. The summed E-state index contributed by atoms with van der Waals surface area (Å²) in [5.41, 5.74) is 0.932. The fourth-order valence-electron chi connectivity index (χ4n) is 2.51. The largest absolute Gasteiger partial charge is 0.416 e. The van der Waals surface area contributed by atoms with Crippen molar-refractivity contribution in [2.75, 3.05) is 0 Å². The van der Waals surface area contributed by atoms with E-state index >= 15 is 0 Å². The minimum atomic E-state index is -4.37. The second kappa shape index (κ2) is 6.30. The summed E-state index contributed by atoms with van der Waals surface area (Å²) in [6.45, 7) is 1.90. The van der Waals surface area contributed by atoms with Crippen molar-refractivity contribution in [1.29, 1.82) is 0 Å². The smallest absolute Gasteiger partial charge is 0.289 e. The molecule has 0 aromatic heterocycles. The molecule has 6 heteroatoms. The molecule has 0 amide bonds. The quantitative estimate of drug-likeness (QED) is 0.564. The Balaban J connectivity index is 1.96. The Morgan fingerprint density at radius 2 is 1.79 bits per heavy atom. The summed E-state index contributed by atoms with van der Waals surface area (Å²) >= 11 is 7.49. The van der Waals surface area contributed by atoms with E-state index in [1.807, 2.05) is 13.0 Å². The predicted octanol–water partition coefficient (Wildman–Crippen LogP) is 6.12. The topological polar surface area (TPSA) is 17.1 Å². The van der Waals surface area contributed by atoms with E-state index in [1.54, 1.807) is 18.2 Å². The molecule has 0 spiro atoms. The third-order valence-electron chi connectivity index (χ3n) is 3.75. The van der Waals surface area contributed by atoms with Gasteiger partial charge < -0.3 is 0 Å². The number of halogens is 4. The Kier molecular flexibility index (Phi) is 4.49. The summed E-state index contributed by atoms with van der Waals surface area (Å²) in [5.74, 6) is -0.140. The summed E-state index contributed by atoms with van der Waals surface area (Å²) in [7, 11) is 0. The molecule has 0 saturated heterocycles. The van der Waals surface area contributed by atoms with Crippen LogP contribution in [0.3, 0.4) is 0 Å². The van der Waals surface area contributed by atoms with Gasteiger partial charge in [-0.2, -0.15) is 13.2 Å². The standard InChI is InChI=1S/C18H12ClF3OS/c1-10-14(8-11-2-4-12(5-3-11)18(20,21)22)17(23)15-9-13(19)6-7-16(15)24-10/h2-10H,1H3/b14-8+. The fraction of sp³-hybridized carbons (Fsp3) is 0.167. The first kappa shape index (κ1) is 17.1. The van der Waals surface area contributed by atoms with Gasteiger partial charge in [-0.15, -0.1) is 11.8 Å². The van der Waals surface area contributed by atoms with Crippen LogP contribution in [0.15, 0.2) is 52.9 Å². The normalized spacial score (nSPS) is 19.5. The highest BCUT2D eigenvalue weighted by atomic mass is 35.5. The van der Waals surface area contributed by atoms with Crippen molar-refractivity contribution < 1.29 is 18.0 Å². The number of carbonyl (C=O) groups excluding carboxylic acids is 1. The molecule has 0 radical (unpaired) electrons. The lowest BCUT2D eigenvalue weighted by molar-refractivity contribution is -0.137. The minimum absolute atomic E-state index is 0.0894. The van der Waals surface area contributed by atoms with E-state index in [-0.39, 0.29) is 11.0 Å². The number of ketones is 1. The molecule has 0 saturated carbocycles. The maximum absolute atomic E-state index is 12.7. The SMILES string of the molecule is CC1Sc2ccc(Cl)cc2C(=O)/C1=C/c1ccc(C(F)(F)F)cc1. The lowest BCUT2D eigenvalue weighted by atomic mass is 9.97. The molecule has 2 aromatic carbocycles. The molecule has 0 fully saturated rings. The van der Waals surface area contributed by atoms with Gasteiger partial charge in [-0.1, -0.05) is 23.7 Å². The number of fused-ring (bicyclic) bond motifs is 1. The molecule has 1 atom stereocenters. The summed E-state index contributed by atoms with van der Waals surface area (Å²) in [6.07, 6.45) is -2.73. The van der Waals surface area contributed by atoms with Gasteiger partial charge in [0.25, 0.3) is 0 Å². The van der Waals surface area contributed by atoms with Gasteiger partial charge in [-0.05, 0) is 48.9 Å². The Labute approximate surface area is 146 Å². The molecular weight excluding hydrogens is 357 g/mol. The zero-order chi connectivity index (χ0) is 17.5. The van der Waals surface area contributed by atoms with Crippen LogP contribution in [0.4, 0.5) is 13.2 Å². The molecule has 24 heavy (non-hydrogen) atoms. The van der Waals surface area contributed by atoms with E-state index < -0.39 is 11.7 Å². The fourth-order valence-corrected chi connectivity index (χ4v) is 3.79. The average Bonchev–Trinajstić information content (AvgIpc) is 2.52. The maximum atomic E-state index is 12.7. The molecule has 0 bridgehead atoms. The summed E-state index contributed by atoms with van der Waals surface area (Å²) in [5, 5.41) is 0.389. The number of rotatable bonds is 1. The molecule has 1 unspecified atom stereocenters. The highest BCUT2D eigenvalue weighted by Crippen LogP contribution is 2.40. The van der Waals surface area contributed by atoms with Crippen molar-refractivity contribution in [2.24, 2.45) is 0 Å². The number of carbonyl (C=O) groups is 1. The molecule has 1 aliphatic heterocycles. The summed E-state index contributed by atoms with van der Waals surface area (Å²) in [4.78, 5) is 13.6. The third-order valence-corrected chi connectivity index (χ3v) is 5.20. The van der Waals surface area contributed by atoms with Gasteiger partial charge in [0, 0.05) is 26.3 Å². The maximum Gasteiger partial charge on any atom is 0.416 e. The van der Waals surface area contributed by atoms with E-state index in [4.69, 9.17) is 11.6 Å². The van der Waals surface area contributed by atoms with Gasteiger partial charge in [-0.3, -0.25) is 4.79 Å². The number of hydrogen-bond acceptors (Lipinski definition) is 2. The number of thioether (sulfide) groups is 1. The molecule has 1 heterocycles. The van der Waals surface area contributed by atoms with E-state index in [0.717, 1.165) is 17.0 Å². The van der Waals surface area contributed by atoms with Crippen molar-refractivity contribution in [3.63, 3.8) is 0 Å². The number of benzene rings is 2. The molecule has 1 aliphatic rings. The average molecular weight is 369 g/mol. The van der Waals surface area contributed by atoms with Gasteiger partial charge in [0.1, 0.15) is 0 Å². The monoisotopic (exact) mass is 368 g/mol. The van der Waals surface area contributed by atoms with Crippen LogP contribution in [0.2, 0.25) is 5.02 Å². The lowest BCUT2D eigenvalue weighted by Crippen LogP contribution is -2.19. The second-order valence-electron chi connectivity index (χ2n) is 5.45. The van der Waals surface area contributed by atoms with Gasteiger partial charge >= 0.3 is 6.18 Å². The van der Waals surface area contributed by atoms with Crippen LogP contribution in [0.1, 0.15) is 28.4 Å². The van der Waals surface area contributed by atoms with Crippen molar-refractivity contribution in [2.45, 2.75) is 23.2 Å². The van der Waals surface area contributed by atoms with E-state index in [1.165, 1.54) is 23.9 Å². The van der Waals surface area contributed by atoms with Crippen LogP contribution < -0.4 is 0 Å². The molecule has 3 rings (SSSR count). The van der Waals surface area contributed by atoms with E-state index in [2.05, 4.69) is 0 Å². The van der Waals surface area contributed by atoms with Crippen molar-refractivity contribution in [3.05, 3.63) is 69.8 Å². The molecule has 124 valence electrons. The van der Waals surface area contributed by atoms with E-state index in [9.17, 15) is 18.0 Å². The Bertz CT molecular complexity index is 825. The van der Waals surface area contributed by atoms with Crippen LogP contribution in [0, 0.1) is 0 Å². The second-order valence-corrected chi connectivity index (χ2v) is 7.27. The van der Waals surface area contributed by atoms with Crippen LogP contribution in [-0.2, 0) is 6.18 Å². The highest BCUT2D eigenvalue weighted by molar-refractivity contribution is 8.00. The highest BCUT2D eigenvalue weighted by Gasteiger charge is 2.30. The number of Topliss-reactive ketones (excluding diaryl/α,β-unsaturated/α-hetero) is 1. The predicted molar refractivity (Wildman–Crippen MR) is 90.5 cm³/mol. The Morgan fingerprint density at radius 1 is 1.12 bits per heavy atom. The van der Waals surface area contributed by atoms with Crippen LogP contribution in [0.25, 0.3) is 6.08 Å². The molecular formula is C18H12ClF3OS. The van der Waals surface area contributed by atoms with Crippen LogP contribution >= 0.6 is 23.4 Å². The molecule has 0 aliphatic carbocycles. The Hall–Kier alpha value is -1.72. The van der Waals surface area contributed by atoms with Crippen molar-refractivity contribution >= 4 is 35.2 Å². The molecule has 2 aromatic rings. The van der Waals surface area contributed by atoms with Gasteiger partial charge in [0.05, 0.1) is 5.56 Å². The van der Waals surface area contributed by atoms with Crippen molar-refractivity contribution in [1.82, 2.24) is 0 Å². The summed E-state index contributed by atoms with van der Waals surface area (Å²) < 4.78 is 37.9. The van der Waals surface area contributed by atoms with Gasteiger partial charge in [0.15, 0.2) is 5.78 Å². The first-order valence-corrected chi connectivity index (χ1v) is 8.41. The number of hydrogen-bond donors (Lipinski definition) is 0. The Morgan fingerprint density at radius 3 is 2.42 bits per heavy atom. The van der Waals surface area contributed by atoms with Crippen LogP contribution in [0.5, 0.6) is 0 Å². The minimum Gasteiger partial charge on any atom is -0.289 e. The van der Waals surface area contributed by atoms with Crippen molar-refractivity contribution in [3.8, 4) is 0 Å². The molecule has 0 N–H and O–H groups in total. The first-order valence-electron chi connectivity index (χ1n) is 7.15.